The molecule has 1 saturated heterocycles. The highest BCUT2D eigenvalue weighted by molar-refractivity contribution is 5.81. The van der Waals surface area contributed by atoms with Crippen LogP contribution in [0.2, 0.25) is 0 Å². The number of aromatic nitrogens is 4. The van der Waals surface area contributed by atoms with Gasteiger partial charge in [-0.15, -0.1) is 12.3 Å². The number of carbonyl (C=O) groups excluding carboxylic acids is 1. The molecule has 0 radical (unpaired) electrons. The Kier molecular flexibility index (Phi) is 3.75. The van der Waals surface area contributed by atoms with Crippen molar-refractivity contribution in [1.29, 1.82) is 0 Å². The van der Waals surface area contributed by atoms with Gasteiger partial charge in [-0.3, -0.25) is 4.79 Å². The Morgan fingerprint density at radius 1 is 1.45 bits per heavy atom. The zero-order valence-electron chi connectivity index (χ0n) is 12.4. The topological polar surface area (TPSA) is 101 Å². The predicted octanol–water partition coefficient (Wildman–Crippen LogP) is -0.272. The molecule has 0 aromatic carbocycles. The van der Waals surface area contributed by atoms with E-state index in [9.17, 15) is 4.79 Å². The van der Waals surface area contributed by atoms with Gasteiger partial charge in [0.2, 0.25) is 11.9 Å². The van der Waals surface area contributed by atoms with Gasteiger partial charge in [0.1, 0.15) is 0 Å². The van der Waals surface area contributed by atoms with E-state index in [0.717, 1.165) is 6.42 Å². The van der Waals surface area contributed by atoms with Gasteiger partial charge < -0.3 is 10.2 Å². The second-order valence-electron chi connectivity index (χ2n) is 5.63. The SMILES string of the molecule is C#CCCC1(CCNC(=O)C2CN(c3nnnn3C)C2)N=N1. The van der Waals surface area contributed by atoms with E-state index in [0.29, 0.717) is 38.4 Å². The maximum absolute atomic E-state index is 12.1. The number of hydrogen-bond acceptors (Lipinski definition) is 7. The molecule has 0 unspecified atom stereocenters. The summed E-state index contributed by atoms with van der Waals surface area (Å²) >= 11 is 0. The van der Waals surface area contributed by atoms with Crippen LogP contribution in [0.25, 0.3) is 0 Å². The first-order chi connectivity index (χ1) is 10.6. The molecule has 0 atom stereocenters. The van der Waals surface area contributed by atoms with E-state index < -0.39 is 0 Å². The molecule has 9 nitrogen and oxygen atoms in total. The summed E-state index contributed by atoms with van der Waals surface area (Å²) in [6.07, 6.45) is 7.38. The van der Waals surface area contributed by atoms with E-state index in [-0.39, 0.29) is 17.5 Å². The van der Waals surface area contributed by atoms with Gasteiger partial charge in [0.25, 0.3) is 0 Å². The standard InChI is InChI=1S/C13H18N8O/c1-3-4-5-13(16-17-13)6-7-14-11(22)10-8-21(9-10)12-15-18-19-20(12)2/h1,10H,4-9H2,2H3,(H,14,22). The van der Waals surface area contributed by atoms with Gasteiger partial charge in [0.15, 0.2) is 5.66 Å². The minimum absolute atomic E-state index is 0.0218. The Balaban J connectivity index is 1.36. The summed E-state index contributed by atoms with van der Waals surface area (Å²) in [5, 5.41) is 22.3. The number of carbonyl (C=O) groups is 1. The molecule has 1 aromatic rings. The molecule has 1 aromatic heterocycles. The molecule has 2 aliphatic heterocycles. The summed E-state index contributed by atoms with van der Waals surface area (Å²) in [6, 6.07) is 0. The number of nitrogens with zero attached hydrogens (tertiary/aromatic N) is 7. The maximum atomic E-state index is 12.1. The lowest BCUT2D eigenvalue weighted by atomic mass is 9.99. The first-order valence-corrected chi connectivity index (χ1v) is 7.26. The number of tetrazole rings is 1. The van der Waals surface area contributed by atoms with Crippen LogP contribution in [0.3, 0.4) is 0 Å². The third-order valence-corrected chi connectivity index (χ3v) is 4.01. The van der Waals surface area contributed by atoms with E-state index >= 15 is 0 Å². The van der Waals surface area contributed by atoms with Gasteiger partial charge >= 0.3 is 0 Å². The van der Waals surface area contributed by atoms with Crippen molar-refractivity contribution in [1.82, 2.24) is 25.5 Å². The summed E-state index contributed by atoms with van der Waals surface area (Å²) in [7, 11) is 1.78. The molecule has 0 bridgehead atoms. The Morgan fingerprint density at radius 3 is 2.82 bits per heavy atom. The highest BCUT2D eigenvalue weighted by atomic mass is 16.2. The second-order valence-corrected chi connectivity index (χ2v) is 5.63. The average molecular weight is 302 g/mol. The van der Waals surface area contributed by atoms with Gasteiger partial charge in [-0.05, 0) is 10.4 Å². The number of terminal acetylenes is 1. The van der Waals surface area contributed by atoms with Crippen molar-refractivity contribution >= 4 is 11.9 Å². The Bertz CT molecular complexity index is 618. The summed E-state index contributed by atoms with van der Waals surface area (Å²) in [5.41, 5.74) is -0.338. The fraction of sp³-hybridized carbons (Fsp3) is 0.692. The molecule has 0 spiro atoms. The molecule has 1 amide bonds. The normalized spacial score (nSPS) is 18.6. The van der Waals surface area contributed by atoms with E-state index in [2.05, 4.69) is 37.0 Å². The average Bonchev–Trinajstić information content (AvgIpc) is 3.10. The quantitative estimate of drug-likeness (QED) is 0.699. The lowest BCUT2D eigenvalue weighted by Gasteiger charge is -2.37. The molecule has 2 aliphatic rings. The summed E-state index contributed by atoms with van der Waals surface area (Å²) in [6.45, 7) is 1.84. The van der Waals surface area contributed by atoms with Crippen molar-refractivity contribution in [2.24, 2.45) is 23.2 Å². The fourth-order valence-electron chi connectivity index (χ4n) is 2.50. The van der Waals surface area contributed by atoms with Crippen LogP contribution < -0.4 is 10.2 Å². The minimum atomic E-state index is -0.338. The highest BCUT2D eigenvalue weighted by Crippen LogP contribution is 2.36. The molecule has 0 aliphatic carbocycles. The zero-order chi connectivity index (χ0) is 15.6. The largest absolute Gasteiger partial charge is 0.356 e. The predicted molar refractivity (Wildman–Crippen MR) is 77.8 cm³/mol. The van der Waals surface area contributed by atoms with Crippen LogP contribution in [0.1, 0.15) is 19.3 Å². The van der Waals surface area contributed by atoms with Gasteiger partial charge in [0, 0.05) is 45.9 Å². The first-order valence-electron chi connectivity index (χ1n) is 7.26. The van der Waals surface area contributed by atoms with Crippen LogP contribution in [0.15, 0.2) is 10.2 Å². The van der Waals surface area contributed by atoms with Crippen LogP contribution in [0.5, 0.6) is 0 Å². The number of hydrogen-bond donors (Lipinski definition) is 1. The van der Waals surface area contributed by atoms with Crippen LogP contribution in [-0.4, -0.2) is 51.4 Å². The van der Waals surface area contributed by atoms with Gasteiger partial charge in [-0.2, -0.15) is 10.2 Å². The van der Waals surface area contributed by atoms with E-state index in [4.69, 9.17) is 6.42 Å². The first kappa shape index (κ1) is 14.4. The van der Waals surface area contributed by atoms with Gasteiger partial charge in [-0.25, -0.2) is 4.68 Å². The third kappa shape index (κ3) is 2.90. The fourth-order valence-corrected chi connectivity index (χ4v) is 2.50. The lowest BCUT2D eigenvalue weighted by molar-refractivity contribution is -0.125. The minimum Gasteiger partial charge on any atom is -0.356 e. The van der Waals surface area contributed by atoms with Crippen molar-refractivity contribution in [3.05, 3.63) is 0 Å². The van der Waals surface area contributed by atoms with Crippen LogP contribution in [0, 0.1) is 18.3 Å². The Hall–Kier alpha value is -2.50. The Morgan fingerprint density at radius 2 is 2.23 bits per heavy atom. The monoisotopic (exact) mass is 302 g/mol. The molecule has 22 heavy (non-hydrogen) atoms. The molecule has 9 heteroatoms. The molecule has 3 heterocycles. The number of nitrogens with one attached hydrogen (secondary N) is 1. The van der Waals surface area contributed by atoms with Gasteiger partial charge in [-0.1, -0.05) is 5.10 Å². The summed E-state index contributed by atoms with van der Waals surface area (Å²) in [4.78, 5) is 14.0. The number of aryl methyl sites for hydroxylation is 1. The maximum Gasteiger partial charge on any atom is 0.245 e. The summed E-state index contributed by atoms with van der Waals surface area (Å²) in [5.74, 6) is 3.31. The molecule has 116 valence electrons. The van der Waals surface area contributed by atoms with Crippen LogP contribution in [-0.2, 0) is 11.8 Å². The van der Waals surface area contributed by atoms with Crippen molar-refractivity contribution in [3.63, 3.8) is 0 Å². The van der Waals surface area contributed by atoms with Crippen molar-refractivity contribution in [2.75, 3.05) is 24.5 Å². The van der Waals surface area contributed by atoms with E-state index in [1.807, 2.05) is 4.90 Å². The molecule has 1 N–H and O–H groups in total. The molecule has 1 fully saturated rings. The van der Waals surface area contributed by atoms with E-state index in [1.54, 1.807) is 11.7 Å². The number of amides is 1. The number of anilines is 1. The van der Waals surface area contributed by atoms with Crippen molar-refractivity contribution in [2.45, 2.75) is 24.9 Å². The molecule has 3 rings (SSSR count). The number of rotatable bonds is 7. The summed E-state index contributed by atoms with van der Waals surface area (Å²) < 4.78 is 1.60. The molecule has 0 saturated carbocycles. The Labute approximate surface area is 128 Å². The molecular weight excluding hydrogens is 284 g/mol. The highest BCUT2D eigenvalue weighted by Gasteiger charge is 2.39. The van der Waals surface area contributed by atoms with Crippen LogP contribution in [0.4, 0.5) is 5.95 Å². The lowest BCUT2D eigenvalue weighted by Crippen LogP contribution is -2.54. The van der Waals surface area contributed by atoms with Crippen LogP contribution >= 0.6 is 0 Å². The van der Waals surface area contributed by atoms with Gasteiger partial charge in [0.05, 0.1) is 5.92 Å². The van der Waals surface area contributed by atoms with Crippen molar-refractivity contribution < 1.29 is 4.79 Å². The zero-order valence-corrected chi connectivity index (χ0v) is 12.4. The molecular formula is C13H18N8O. The second kappa shape index (κ2) is 5.71. The third-order valence-electron chi connectivity index (χ3n) is 4.01. The smallest absolute Gasteiger partial charge is 0.245 e. The van der Waals surface area contributed by atoms with Crippen molar-refractivity contribution in [3.8, 4) is 12.3 Å². The van der Waals surface area contributed by atoms with E-state index in [1.165, 1.54) is 0 Å².